The van der Waals surface area contributed by atoms with E-state index in [0.29, 0.717) is 11.1 Å². The zero-order chi connectivity index (χ0) is 10.8. The molecule has 0 radical (unpaired) electrons. The molecule has 0 aromatic heterocycles. The van der Waals surface area contributed by atoms with Crippen LogP contribution in [0.4, 0.5) is 0 Å². The summed E-state index contributed by atoms with van der Waals surface area (Å²) in [4.78, 5) is 0. The van der Waals surface area contributed by atoms with Crippen LogP contribution >= 0.6 is 27.5 Å². The lowest BCUT2D eigenvalue weighted by Crippen LogP contribution is -2.22. The van der Waals surface area contributed by atoms with Gasteiger partial charge >= 0.3 is 0 Å². The predicted molar refractivity (Wildman–Crippen MR) is 63.7 cm³/mol. The molecule has 1 unspecified atom stereocenters. The van der Waals surface area contributed by atoms with Crippen LogP contribution in [-0.2, 0) is 0 Å². The van der Waals surface area contributed by atoms with Gasteiger partial charge in [0.2, 0.25) is 0 Å². The Morgan fingerprint density at radius 1 is 1.53 bits per heavy atom. The molecule has 1 aromatic rings. The van der Waals surface area contributed by atoms with Crippen LogP contribution in [0.1, 0.15) is 24.4 Å². The van der Waals surface area contributed by atoms with Crippen molar-refractivity contribution in [1.82, 2.24) is 5.32 Å². The molecule has 78 valence electrons. The van der Waals surface area contributed by atoms with E-state index in [9.17, 15) is 0 Å². The van der Waals surface area contributed by atoms with Gasteiger partial charge in [0.1, 0.15) is 6.04 Å². The van der Waals surface area contributed by atoms with Crippen molar-refractivity contribution in [3.8, 4) is 6.07 Å². The number of hydrogen-bond donors (Lipinski definition) is 1. The van der Waals surface area contributed by atoms with Gasteiger partial charge in [0.25, 0.3) is 0 Å². The Balaban J connectivity index is 2.21. The van der Waals surface area contributed by atoms with Crippen molar-refractivity contribution in [3.63, 3.8) is 0 Å². The lowest BCUT2D eigenvalue weighted by atomic mass is 10.1. The van der Waals surface area contributed by atoms with E-state index in [4.69, 9.17) is 16.9 Å². The van der Waals surface area contributed by atoms with Gasteiger partial charge in [-0.15, -0.1) is 0 Å². The average molecular weight is 286 g/mol. The molecule has 0 amide bonds. The molecule has 1 atom stereocenters. The van der Waals surface area contributed by atoms with Gasteiger partial charge in [-0.1, -0.05) is 33.6 Å². The molecule has 2 rings (SSSR count). The van der Waals surface area contributed by atoms with Gasteiger partial charge in [0, 0.05) is 21.1 Å². The summed E-state index contributed by atoms with van der Waals surface area (Å²) in [5, 5.41) is 13.0. The van der Waals surface area contributed by atoms with Crippen LogP contribution in [-0.4, -0.2) is 6.04 Å². The standard InChI is InChI=1S/C11H10BrClN2/c12-7-1-4-9(10(13)5-7)11(6-14)15-8-2-3-8/h1,4-5,8,11,15H,2-3H2. The van der Waals surface area contributed by atoms with E-state index in [-0.39, 0.29) is 6.04 Å². The Morgan fingerprint density at radius 3 is 2.80 bits per heavy atom. The maximum absolute atomic E-state index is 9.07. The van der Waals surface area contributed by atoms with Crippen LogP contribution in [0.15, 0.2) is 22.7 Å². The van der Waals surface area contributed by atoms with Gasteiger partial charge < -0.3 is 0 Å². The van der Waals surface area contributed by atoms with Crippen molar-refractivity contribution >= 4 is 27.5 Å². The smallest absolute Gasteiger partial charge is 0.123 e. The van der Waals surface area contributed by atoms with Crippen LogP contribution in [0.2, 0.25) is 5.02 Å². The SMILES string of the molecule is N#CC(NC1CC1)c1ccc(Br)cc1Cl. The first-order chi connectivity index (χ1) is 7.20. The second kappa shape index (κ2) is 4.52. The second-order valence-electron chi connectivity index (χ2n) is 3.67. The highest BCUT2D eigenvalue weighted by atomic mass is 79.9. The first-order valence-corrected chi connectivity index (χ1v) is 5.98. The summed E-state index contributed by atoms with van der Waals surface area (Å²) < 4.78 is 0.930. The van der Waals surface area contributed by atoms with Gasteiger partial charge in [-0.05, 0) is 25.0 Å². The topological polar surface area (TPSA) is 35.8 Å². The van der Waals surface area contributed by atoms with Crippen LogP contribution < -0.4 is 5.32 Å². The average Bonchev–Trinajstić information content (AvgIpc) is 2.99. The van der Waals surface area contributed by atoms with Gasteiger partial charge in [-0.3, -0.25) is 5.32 Å². The summed E-state index contributed by atoms with van der Waals surface area (Å²) >= 11 is 9.43. The van der Waals surface area contributed by atoms with Crippen molar-refractivity contribution in [1.29, 1.82) is 5.26 Å². The minimum Gasteiger partial charge on any atom is -0.295 e. The first-order valence-electron chi connectivity index (χ1n) is 4.81. The van der Waals surface area contributed by atoms with E-state index >= 15 is 0 Å². The molecule has 0 saturated heterocycles. The molecule has 15 heavy (non-hydrogen) atoms. The molecule has 4 heteroatoms. The molecular weight excluding hydrogens is 275 g/mol. The predicted octanol–water partition coefficient (Wildman–Crippen LogP) is 3.42. The van der Waals surface area contributed by atoms with E-state index in [1.165, 1.54) is 0 Å². The van der Waals surface area contributed by atoms with Gasteiger partial charge in [0.05, 0.1) is 6.07 Å². The minimum absolute atomic E-state index is 0.293. The number of halogens is 2. The van der Waals surface area contributed by atoms with Gasteiger partial charge in [0.15, 0.2) is 0 Å². The minimum atomic E-state index is -0.293. The van der Waals surface area contributed by atoms with E-state index in [1.807, 2.05) is 18.2 Å². The molecule has 0 bridgehead atoms. The van der Waals surface area contributed by atoms with Crippen molar-refractivity contribution in [2.24, 2.45) is 0 Å². The Labute approximate surface area is 102 Å². The Kier molecular flexibility index (Phi) is 3.30. The molecule has 1 aliphatic carbocycles. The highest BCUT2D eigenvalue weighted by molar-refractivity contribution is 9.10. The number of nitriles is 1. The summed E-state index contributed by atoms with van der Waals surface area (Å²) in [7, 11) is 0. The van der Waals surface area contributed by atoms with E-state index in [1.54, 1.807) is 0 Å². The molecule has 0 spiro atoms. The largest absolute Gasteiger partial charge is 0.295 e. The first kappa shape index (κ1) is 10.9. The second-order valence-corrected chi connectivity index (χ2v) is 4.99. The van der Waals surface area contributed by atoms with Crippen LogP contribution in [0, 0.1) is 11.3 Å². The lowest BCUT2D eigenvalue weighted by Gasteiger charge is -2.12. The third-order valence-electron chi connectivity index (χ3n) is 2.38. The molecule has 1 aromatic carbocycles. The fourth-order valence-electron chi connectivity index (χ4n) is 1.42. The highest BCUT2D eigenvalue weighted by Gasteiger charge is 2.26. The number of benzene rings is 1. The van der Waals surface area contributed by atoms with E-state index in [2.05, 4.69) is 27.3 Å². The number of nitrogens with one attached hydrogen (secondary N) is 1. The molecule has 1 fully saturated rings. The van der Waals surface area contributed by atoms with Crippen molar-refractivity contribution in [2.75, 3.05) is 0 Å². The van der Waals surface area contributed by atoms with Crippen molar-refractivity contribution in [3.05, 3.63) is 33.3 Å². The summed E-state index contributed by atoms with van der Waals surface area (Å²) in [5.41, 5.74) is 0.856. The summed E-state index contributed by atoms with van der Waals surface area (Å²) in [6.45, 7) is 0. The highest BCUT2D eigenvalue weighted by Crippen LogP contribution is 2.29. The molecular formula is C11H10BrClN2. The third kappa shape index (κ3) is 2.72. The lowest BCUT2D eigenvalue weighted by molar-refractivity contribution is 0.626. The van der Waals surface area contributed by atoms with Crippen LogP contribution in [0.3, 0.4) is 0 Å². The molecule has 1 N–H and O–H groups in total. The Hall–Kier alpha value is -0.560. The fourth-order valence-corrected chi connectivity index (χ4v) is 2.20. The fraction of sp³-hybridized carbons (Fsp3) is 0.364. The third-order valence-corrected chi connectivity index (χ3v) is 3.20. The summed E-state index contributed by atoms with van der Waals surface area (Å²) in [5.74, 6) is 0. The zero-order valence-corrected chi connectivity index (χ0v) is 10.3. The van der Waals surface area contributed by atoms with Crippen molar-refractivity contribution in [2.45, 2.75) is 24.9 Å². The normalized spacial score (nSPS) is 17.1. The molecule has 1 saturated carbocycles. The zero-order valence-electron chi connectivity index (χ0n) is 8.00. The van der Waals surface area contributed by atoms with Crippen LogP contribution in [0.25, 0.3) is 0 Å². The molecule has 1 aliphatic rings. The number of hydrogen-bond acceptors (Lipinski definition) is 2. The number of rotatable bonds is 3. The summed E-state index contributed by atoms with van der Waals surface area (Å²) in [6.07, 6.45) is 2.32. The molecule has 0 aliphatic heterocycles. The quantitative estimate of drug-likeness (QED) is 0.923. The van der Waals surface area contributed by atoms with Gasteiger partial charge in [-0.2, -0.15) is 5.26 Å². The van der Waals surface area contributed by atoms with E-state index in [0.717, 1.165) is 22.9 Å². The molecule has 2 nitrogen and oxygen atoms in total. The summed E-state index contributed by atoms with van der Waals surface area (Å²) in [6, 6.07) is 8.04. The van der Waals surface area contributed by atoms with Crippen LogP contribution in [0.5, 0.6) is 0 Å². The van der Waals surface area contributed by atoms with E-state index < -0.39 is 0 Å². The maximum Gasteiger partial charge on any atom is 0.123 e. The molecule has 0 heterocycles. The maximum atomic E-state index is 9.07. The Morgan fingerprint density at radius 2 is 2.27 bits per heavy atom. The monoisotopic (exact) mass is 284 g/mol. The van der Waals surface area contributed by atoms with Crippen molar-refractivity contribution < 1.29 is 0 Å². The van der Waals surface area contributed by atoms with Gasteiger partial charge in [-0.25, -0.2) is 0 Å². The number of nitrogens with zero attached hydrogens (tertiary/aromatic N) is 1. The Bertz CT molecular complexity index is 410.